The molecule has 0 aliphatic rings. The molecule has 0 amide bonds. The maximum absolute atomic E-state index is 12.5. The standard InChI is InChI=1S/C17H13Cl3N2O3/c18-10-4-5-15-12(6-10)17(24)22(9-21-15)7-11(23)8-25-16-13(19)2-1-3-14(16)20/h1-6,9,11,23H,7-8H2. The minimum atomic E-state index is -0.955. The van der Waals surface area contributed by atoms with Crippen molar-refractivity contribution in [2.45, 2.75) is 12.6 Å². The molecule has 1 unspecified atom stereocenters. The molecule has 0 spiro atoms. The smallest absolute Gasteiger partial charge is 0.261 e. The maximum atomic E-state index is 12.5. The van der Waals surface area contributed by atoms with E-state index in [1.165, 1.54) is 10.9 Å². The quantitative estimate of drug-likeness (QED) is 0.709. The molecule has 8 heteroatoms. The van der Waals surface area contributed by atoms with Crippen molar-refractivity contribution < 1.29 is 9.84 Å². The molecule has 5 nitrogen and oxygen atoms in total. The fraction of sp³-hybridized carbons (Fsp3) is 0.176. The van der Waals surface area contributed by atoms with Crippen LogP contribution < -0.4 is 10.3 Å². The molecule has 1 N–H and O–H groups in total. The van der Waals surface area contributed by atoms with E-state index in [1.54, 1.807) is 36.4 Å². The van der Waals surface area contributed by atoms with Crippen LogP contribution in [0, 0.1) is 0 Å². The van der Waals surface area contributed by atoms with Gasteiger partial charge in [0.1, 0.15) is 12.7 Å². The lowest BCUT2D eigenvalue weighted by atomic mass is 10.2. The lowest BCUT2D eigenvalue weighted by Gasteiger charge is -2.15. The van der Waals surface area contributed by atoms with Gasteiger partial charge in [0.05, 0.1) is 33.8 Å². The largest absolute Gasteiger partial charge is 0.488 e. The average Bonchev–Trinajstić information content (AvgIpc) is 2.57. The van der Waals surface area contributed by atoms with Gasteiger partial charge in [0.15, 0.2) is 5.75 Å². The second-order valence-corrected chi connectivity index (χ2v) is 6.63. The summed E-state index contributed by atoms with van der Waals surface area (Å²) in [5, 5.41) is 11.7. The van der Waals surface area contributed by atoms with Crippen LogP contribution in [-0.2, 0) is 6.54 Å². The van der Waals surface area contributed by atoms with Crippen molar-refractivity contribution in [1.82, 2.24) is 9.55 Å². The van der Waals surface area contributed by atoms with Gasteiger partial charge in [-0.25, -0.2) is 4.98 Å². The van der Waals surface area contributed by atoms with Gasteiger partial charge in [-0.05, 0) is 30.3 Å². The molecule has 25 heavy (non-hydrogen) atoms. The van der Waals surface area contributed by atoms with Gasteiger partial charge < -0.3 is 9.84 Å². The summed E-state index contributed by atoms with van der Waals surface area (Å²) in [6, 6.07) is 9.85. The predicted molar refractivity (Wildman–Crippen MR) is 99.0 cm³/mol. The zero-order valence-electron chi connectivity index (χ0n) is 12.8. The van der Waals surface area contributed by atoms with Crippen molar-refractivity contribution >= 4 is 45.7 Å². The number of benzene rings is 2. The first kappa shape index (κ1) is 18.0. The number of para-hydroxylation sites is 1. The van der Waals surface area contributed by atoms with Crippen LogP contribution in [0.5, 0.6) is 5.75 Å². The summed E-state index contributed by atoms with van der Waals surface area (Å²) in [5.41, 5.74) is 0.251. The Kier molecular flexibility index (Phi) is 5.49. The number of aliphatic hydroxyl groups excluding tert-OH is 1. The topological polar surface area (TPSA) is 64.4 Å². The van der Waals surface area contributed by atoms with Crippen LogP contribution in [0.3, 0.4) is 0 Å². The Labute approximate surface area is 158 Å². The van der Waals surface area contributed by atoms with E-state index in [2.05, 4.69) is 4.98 Å². The normalized spacial score (nSPS) is 12.3. The number of hydrogen-bond acceptors (Lipinski definition) is 4. The minimum absolute atomic E-state index is 0.0103. The van der Waals surface area contributed by atoms with Gasteiger partial charge >= 0.3 is 0 Å². The Balaban J connectivity index is 1.75. The van der Waals surface area contributed by atoms with Crippen LogP contribution in [0.2, 0.25) is 15.1 Å². The molecule has 0 radical (unpaired) electrons. The van der Waals surface area contributed by atoms with Gasteiger partial charge in [0.2, 0.25) is 0 Å². The number of aliphatic hydroxyl groups is 1. The molecule has 130 valence electrons. The van der Waals surface area contributed by atoms with Crippen molar-refractivity contribution in [3.63, 3.8) is 0 Å². The molecule has 0 fully saturated rings. The predicted octanol–water partition coefficient (Wildman–Crippen LogP) is 3.80. The van der Waals surface area contributed by atoms with Gasteiger partial charge in [0.25, 0.3) is 5.56 Å². The molecule has 1 atom stereocenters. The van der Waals surface area contributed by atoms with Gasteiger partial charge in [-0.2, -0.15) is 0 Å². The highest BCUT2D eigenvalue weighted by molar-refractivity contribution is 6.37. The Bertz CT molecular complexity index is 955. The molecule has 0 saturated carbocycles. The monoisotopic (exact) mass is 398 g/mol. The zero-order valence-corrected chi connectivity index (χ0v) is 15.1. The van der Waals surface area contributed by atoms with Gasteiger partial charge in [-0.1, -0.05) is 40.9 Å². The van der Waals surface area contributed by atoms with E-state index in [0.717, 1.165) is 0 Å². The highest BCUT2D eigenvalue weighted by Crippen LogP contribution is 2.32. The summed E-state index contributed by atoms with van der Waals surface area (Å²) in [4.78, 5) is 16.7. The second kappa shape index (κ2) is 7.62. The van der Waals surface area contributed by atoms with Crippen molar-refractivity contribution in [1.29, 1.82) is 0 Å². The van der Waals surface area contributed by atoms with E-state index in [9.17, 15) is 9.90 Å². The van der Waals surface area contributed by atoms with Crippen LogP contribution >= 0.6 is 34.8 Å². The maximum Gasteiger partial charge on any atom is 0.261 e. The van der Waals surface area contributed by atoms with Crippen molar-refractivity contribution in [3.8, 4) is 5.75 Å². The van der Waals surface area contributed by atoms with Gasteiger partial charge in [-0.15, -0.1) is 0 Å². The van der Waals surface area contributed by atoms with E-state index >= 15 is 0 Å². The molecule has 3 aromatic rings. The molecule has 0 aliphatic carbocycles. The van der Waals surface area contributed by atoms with E-state index in [1.807, 2.05) is 0 Å². The summed E-state index contributed by atoms with van der Waals surface area (Å²) in [6.45, 7) is -0.0696. The fourth-order valence-electron chi connectivity index (χ4n) is 2.34. The Morgan fingerprint density at radius 2 is 1.88 bits per heavy atom. The molecule has 0 aliphatic heterocycles. The number of fused-ring (bicyclic) bond motifs is 1. The zero-order chi connectivity index (χ0) is 18.0. The summed E-state index contributed by atoms with van der Waals surface area (Å²) >= 11 is 17.9. The van der Waals surface area contributed by atoms with Gasteiger partial charge in [-0.3, -0.25) is 9.36 Å². The van der Waals surface area contributed by atoms with Crippen molar-refractivity contribution in [2.24, 2.45) is 0 Å². The third kappa shape index (κ3) is 4.07. The molecule has 0 bridgehead atoms. The van der Waals surface area contributed by atoms with Crippen molar-refractivity contribution in [2.75, 3.05) is 6.61 Å². The molecular weight excluding hydrogens is 387 g/mol. The van der Waals surface area contributed by atoms with Crippen molar-refractivity contribution in [3.05, 3.63) is 68.1 Å². The number of nitrogens with zero attached hydrogens (tertiary/aromatic N) is 2. The van der Waals surface area contributed by atoms with E-state index in [0.29, 0.717) is 31.7 Å². The minimum Gasteiger partial charge on any atom is -0.488 e. The highest BCUT2D eigenvalue weighted by Gasteiger charge is 2.13. The fourth-order valence-corrected chi connectivity index (χ4v) is 3.02. The summed E-state index contributed by atoms with van der Waals surface area (Å²) in [6.07, 6.45) is 0.424. The summed E-state index contributed by atoms with van der Waals surface area (Å²) in [5.74, 6) is 0.292. The first-order valence-corrected chi connectivity index (χ1v) is 8.48. The first-order chi connectivity index (χ1) is 12.0. The van der Waals surface area contributed by atoms with Crippen LogP contribution in [0.4, 0.5) is 0 Å². The first-order valence-electron chi connectivity index (χ1n) is 7.35. The van der Waals surface area contributed by atoms with E-state index in [-0.39, 0.29) is 18.7 Å². The Hall–Kier alpha value is -1.79. The van der Waals surface area contributed by atoms with E-state index < -0.39 is 6.10 Å². The van der Waals surface area contributed by atoms with E-state index in [4.69, 9.17) is 39.5 Å². The lowest BCUT2D eigenvalue weighted by molar-refractivity contribution is 0.0916. The summed E-state index contributed by atoms with van der Waals surface area (Å²) < 4.78 is 6.78. The van der Waals surface area contributed by atoms with Gasteiger partial charge in [0, 0.05) is 5.02 Å². The molecule has 2 aromatic carbocycles. The Morgan fingerprint density at radius 1 is 1.16 bits per heavy atom. The number of halogens is 3. The summed E-state index contributed by atoms with van der Waals surface area (Å²) in [7, 11) is 0. The molecule has 1 heterocycles. The number of aromatic nitrogens is 2. The van der Waals surface area contributed by atoms with Crippen LogP contribution in [0.1, 0.15) is 0 Å². The number of hydrogen-bond donors (Lipinski definition) is 1. The molecular formula is C17H13Cl3N2O3. The number of ether oxygens (including phenoxy) is 1. The molecule has 1 aromatic heterocycles. The molecule has 0 saturated heterocycles. The second-order valence-electron chi connectivity index (χ2n) is 5.38. The number of rotatable bonds is 5. The SMILES string of the molecule is O=c1c2cc(Cl)ccc2ncn1CC(O)COc1c(Cl)cccc1Cl. The van der Waals surface area contributed by atoms with Crippen LogP contribution in [0.15, 0.2) is 47.5 Å². The highest BCUT2D eigenvalue weighted by atomic mass is 35.5. The average molecular weight is 400 g/mol. The van der Waals surface area contributed by atoms with Crippen LogP contribution in [-0.4, -0.2) is 27.4 Å². The Morgan fingerprint density at radius 3 is 2.60 bits per heavy atom. The molecule has 3 rings (SSSR count). The third-order valence-electron chi connectivity index (χ3n) is 3.53. The van der Waals surface area contributed by atoms with Crippen LogP contribution in [0.25, 0.3) is 10.9 Å². The third-order valence-corrected chi connectivity index (χ3v) is 4.36. The lowest BCUT2D eigenvalue weighted by Crippen LogP contribution is -2.30.